The highest BCUT2D eigenvalue weighted by Crippen LogP contribution is 2.66. The molecule has 0 spiro atoms. The van der Waals surface area contributed by atoms with Crippen LogP contribution < -0.4 is 22.5 Å². The fraction of sp³-hybridized carbons (Fsp3) is 0.615. The van der Waals surface area contributed by atoms with Crippen LogP contribution in [0.4, 0.5) is 0 Å². The van der Waals surface area contributed by atoms with Crippen molar-refractivity contribution in [1.82, 2.24) is 19.1 Å². The van der Waals surface area contributed by atoms with Crippen LogP contribution in [-0.4, -0.2) is 106 Å². The number of aromatic amines is 2. The molecule has 2 aliphatic heterocycles. The summed E-state index contributed by atoms with van der Waals surface area (Å²) in [6.07, 6.45) is -4.20. The van der Waals surface area contributed by atoms with E-state index < -0.39 is 108 Å². The molecule has 2 unspecified atom stereocenters. The summed E-state index contributed by atoms with van der Waals surface area (Å²) in [4.78, 5) is 116. The third-order valence-electron chi connectivity index (χ3n) is 7.80. The molecule has 31 nitrogen and oxygen atoms in total. The first-order valence-electron chi connectivity index (χ1n) is 16.7. The molecule has 0 aromatic carbocycles. The number of aliphatic hydroxyl groups excluding tert-OH is 1. The standard InChI is InChI=1S/C13H20N5O15P3.C13H17N5O6/c1-7-5-18(13(21)16-12(7)20)10-4-8(31-11(19)2-3-15-17-14)9(30-10)6-29-35(25,26)33-36(27,28)32-34(22,23)24;1-7-5-18(13(22)16-12(7)21)10-4-8(9(6-19)23-10)24-11(20)2-3-15-17-14/h5,8-10H,2-4,6H2,1H3,(H,25,26)(H,27,28)(H,16,20,21)(H2,22,23,24);5,8-10,19H,2-4,6H2,1H3,(H,16,21,22)/t2*8-,9-,10-/m11/s1. The SMILES string of the molecule is Cc1cn([C@H]2C[C@@H](OC(=O)CCN=[N+]=[N-])[C@@H](CO)O2)c(=O)[nH]c1=O.Cc1cn([C@H]2C[C@@H](OC(=O)CCN=[N+]=[N-])[C@@H](COP(=O)(O)OP(=O)(O)OP(=O)(O)O)O2)c(=O)[nH]c1=O. The fourth-order valence-corrected chi connectivity index (χ4v) is 8.23. The van der Waals surface area contributed by atoms with E-state index in [-0.39, 0.29) is 44.3 Å². The van der Waals surface area contributed by atoms with Gasteiger partial charge in [-0.1, -0.05) is 10.2 Å². The van der Waals surface area contributed by atoms with E-state index in [0.717, 1.165) is 10.8 Å². The molecule has 0 aliphatic carbocycles. The number of carbonyl (C=O) groups excluding carboxylic acids is 2. The monoisotopic (exact) mass is 918 g/mol. The summed E-state index contributed by atoms with van der Waals surface area (Å²) in [6.45, 7) is 1.28. The van der Waals surface area contributed by atoms with Crippen molar-refractivity contribution in [2.24, 2.45) is 10.2 Å². The Labute approximate surface area is 333 Å². The van der Waals surface area contributed by atoms with Gasteiger partial charge in [0.2, 0.25) is 0 Å². The van der Waals surface area contributed by atoms with Crippen LogP contribution in [0.25, 0.3) is 20.9 Å². The second-order valence-electron chi connectivity index (χ2n) is 12.2. The Balaban J connectivity index is 0.000000347. The number of rotatable bonds is 18. The van der Waals surface area contributed by atoms with Gasteiger partial charge in [0, 0.05) is 59.3 Å². The average Bonchev–Trinajstić information content (AvgIpc) is 3.72. The smallest absolute Gasteiger partial charge is 0.459 e. The third kappa shape index (κ3) is 15.3. The fourth-order valence-electron chi connectivity index (χ4n) is 5.20. The molecule has 4 heterocycles. The van der Waals surface area contributed by atoms with Crippen LogP contribution in [0.2, 0.25) is 0 Å². The first-order valence-corrected chi connectivity index (χ1v) is 21.2. The number of esters is 2. The average molecular weight is 919 g/mol. The molecule has 0 amide bonds. The number of aliphatic hydroxyl groups is 1. The number of carbonyl (C=O) groups is 2. The van der Waals surface area contributed by atoms with Gasteiger partial charge in [-0.2, -0.15) is 8.62 Å². The van der Waals surface area contributed by atoms with Gasteiger partial charge in [0.25, 0.3) is 11.1 Å². The van der Waals surface area contributed by atoms with E-state index in [1.165, 1.54) is 17.7 Å². The summed E-state index contributed by atoms with van der Waals surface area (Å²) in [5, 5.41) is 15.8. The lowest BCUT2D eigenvalue weighted by Crippen LogP contribution is -2.33. The van der Waals surface area contributed by atoms with E-state index in [0.29, 0.717) is 5.56 Å². The molecule has 332 valence electrons. The molecule has 4 rings (SSSR count). The van der Waals surface area contributed by atoms with Crippen LogP contribution in [0.3, 0.4) is 0 Å². The Morgan fingerprint density at radius 2 is 1.22 bits per heavy atom. The first kappa shape index (κ1) is 49.6. The zero-order valence-electron chi connectivity index (χ0n) is 31.0. The number of azide groups is 2. The lowest BCUT2D eigenvalue weighted by Gasteiger charge is -2.21. The largest absolute Gasteiger partial charge is 0.490 e. The number of H-pyrrole nitrogens is 2. The number of hydrogen-bond acceptors (Lipinski definition) is 19. The van der Waals surface area contributed by atoms with Crippen LogP contribution in [0, 0.1) is 13.8 Å². The zero-order chi connectivity index (χ0) is 45.0. The highest BCUT2D eigenvalue weighted by Gasteiger charge is 2.44. The summed E-state index contributed by atoms with van der Waals surface area (Å²) in [5.41, 5.74) is 14.2. The van der Waals surface area contributed by atoms with Crippen molar-refractivity contribution < 1.29 is 80.1 Å². The minimum Gasteiger partial charge on any atom is -0.459 e. The van der Waals surface area contributed by atoms with E-state index in [2.05, 4.69) is 38.2 Å². The Bertz CT molecular complexity index is 2370. The van der Waals surface area contributed by atoms with Gasteiger partial charge in [0.1, 0.15) is 36.9 Å². The molecule has 7 N–H and O–H groups in total. The molecule has 8 atom stereocenters. The molecule has 2 aromatic heterocycles. The van der Waals surface area contributed by atoms with Crippen LogP contribution in [0.15, 0.2) is 41.8 Å². The highest BCUT2D eigenvalue weighted by molar-refractivity contribution is 7.66. The summed E-state index contributed by atoms with van der Waals surface area (Å²) in [5.74, 6) is -1.48. The van der Waals surface area contributed by atoms with E-state index in [4.69, 9.17) is 39.8 Å². The molecule has 60 heavy (non-hydrogen) atoms. The van der Waals surface area contributed by atoms with Crippen molar-refractivity contribution >= 4 is 35.4 Å². The van der Waals surface area contributed by atoms with Gasteiger partial charge in [0.05, 0.1) is 26.1 Å². The maximum atomic E-state index is 12.2. The number of aryl methyl sites for hydroxylation is 2. The number of nitrogens with zero attached hydrogens (tertiary/aromatic N) is 8. The minimum atomic E-state index is -5.77. The van der Waals surface area contributed by atoms with E-state index in [1.54, 1.807) is 6.92 Å². The molecule has 0 saturated carbocycles. The first-order chi connectivity index (χ1) is 28.0. The van der Waals surface area contributed by atoms with Crippen molar-refractivity contribution in [2.45, 2.75) is 76.4 Å². The Morgan fingerprint density at radius 1 is 0.783 bits per heavy atom. The topological polar surface area (TPSA) is 458 Å². The van der Waals surface area contributed by atoms with E-state index in [1.807, 2.05) is 4.98 Å². The second-order valence-corrected chi connectivity index (χ2v) is 16.6. The Hall–Kier alpha value is -4.79. The number of ether oxygens (including phenoxy) is 4. The molecule has 2 aromatic rings. The lowest BCUT2D eigenvalue weighted by molar-refractivity contribution is -0.153. The summed E-state index contributed by atoms with van der Waals surface area (Å²) in [6, 6.07) is 0. The normalized spacial score (nSPS) is 23.1. The quantitative estimate of drug-likeness (QED) is 0.0335. The van der Waals surface area contributed by atoms with E-state index in [9.17, 15) is 57.4 Å². The van der Waals surface area contributed by atoms with Gasteiger partial charge >= 0.3 is 46.8 Å². The maximum Gasteiger partial charge on any atom is 0.490 e. The van der Waals surface area contributed by atoms with Crippen molar-refractivity contribution in [1.29, 1.82) is 0 Å². The molecule has 2 fully saturated rings. The molecule has 2 aliphatic rings. The molecule has 34 heteroatoms. The van der Waals surface area contributed by atoms with Gasteiger partial charge in [-0.25, -0.2) is 23.3 Å². The van der Waals surface area contributed by atoms with Crippen LogP contribution in [-0.2, 0) is 55.4 Å². The molecular formula is C26H37N10O21P3. The number of hydrogen-bond donors (Lipinski definition) is 7. The van der Waals surface area contributed by atoms with Gasteiger partial charge in [-0.05, 0) is 24.9 Å². The second kappa shape index (κ2) is 21.6. The third-order valence-corrected chi connectivity index (χ3v) is 11.6. The zero-order valence-corrected chi connectivity index (χ0v) is 33.6. The number of phosphoric ester groups is 1. The lowest BCUT2D eigenvalue weighted by atomic mass is 10.2. The predicted octanol–water partition coefficient (Wildman–Crippen LogP) is -0.175. The Kier molecular flexibility index (Phi) is 17.9. The van der Waals surface area contributed by atoms with Gasteiger partial charge in [-0.3, -0.25) is 42.8 Å². The molecule has 2 saturated heterocycles. The molecule has 0 bridgehead atoms. The van der Waals surface area contributed by atoms with Crippen molar-refractivity contribution in [2.75, 3.05) is 26.3 Å². The van der Waals surface area contributed by atoms with E-state index >= 15 is 0 Å². The van der Waals surface area contributed by atoms with Crippen molar-refractivity contribution in [3.63, 3.8) is 0 Å². The summed E-state index contributed by atoms with van der Waals surface area (Å²) >= 11 is 0. The van der Waals surface area contributed by atoms with Crippen molar-refractivity contribution in [3.8, 4) is 0 Å². The predicted molar refractivity (Wildman–Crippen MR) is 193 cm³/mol. The number of phosphoric acid groups is 3. The maximum absolute atomic E-state index is 12.2. The van der Waals surface area contributed by atoms with Crippen LogP contribution in [0.1, 0.15) is 49.3 Å². The van der Waals surface area contributed by atoms with Gasteiger partial charge in [0.15, 0.2) is 0 Å². The molecule has 0 radical (unpaired) electrons. The number of nitrogens with one attached hydrogen (secondary N) is 2. The van der Waals surface area contributed by atoms with Crippen LogP contribution in [0.5, 0.6) is 0 Å². The van der Waals surface area contributed by atoms with Crippen molar-refractivity contribution in [3.05, 3.63) is 86.1 Å². The number of aromatic nitrogens is 4. The minimum absolute atomic E-state index is 0.0330. The summed E-state index contributed by atoms with van der Waals surface area (Å²) < 4.78 is 69.5. The van der Waals surface area contributed by atoms with Gasteiger partial charge < -0.3 is 43.6 Å². The summed E-state index contributed by atoms with van der Waals surface area (Å²) in [7, 11) is -16.9. The van der Waals surface area contributed by atoms with Crippen LogP contribution >= 0.6 is 23.5 Å². The van der Waals surface area contributed by atoms with Gasteiger partial charge in [-0.15, -0.1) is 0 Å². The highest BCUT2D eigenvalue weighted by atomic mass is 31.3. The Morgan fingerprint density at radius 3 is 1.63 bits per heavy atom. The molecular weight excluding hydrogens is 881 g/mol.